The molecule has 3 heteroatoms. The van der Waals surface area contributed by atoms with Gasteiger partial charge in [0.25, 0.3) is 0 Å². The molecule has 0 aliphatic rings. The van der Waals surface area contributed by atoms with E-state index in [1.54, 1.807) is 0 Å². The third-order valence-corrected chi connectivity index (χ3v) is 1.39. The van der Waals surface area contributed by atoms with Gasteiger partial charge < -0.3 is 9.53 Å². The second-order valence-corrected chi connectivity index (χ2v) is 2.30. The second-order valence-electron chi connectivity index (χ2n) is 2.30. The summed E-state index contributed by atoms with van der Waals surface area (Å²) in [6.07, 6.45) is 1.16. The maximum absolute atomic E-state index is 10.6. The van der Waals surface area contributed by atoms with Crippen molar-refractivity contribution in [3.8, 4) is 0 Å². The molecule has 1 rings (SSSR count). The summed E-state index contributed by atoms with van der Waals surface area (Å²) in [7, 11) is 0. The van der Waals surface area contributed by atoms with Gasteiger partial charge in [-0.15, -0.1) is 0 Å². The van der Waals surface area contributed by atoms with Crippen LogP contribution in [-0.2, 0) is 20.9 Å². The molecule has 0 fully saturated rings. The number of rotatable bonds is 3. The normalized spacial score (nSPS) is 8.00. The molecule has 0 amide bonds. The fraction of sp³-hybridized carbons (Fsp3) is 0.0909. The van der Waals surface area contributed by atoms with Crippen LogP contribution in [-0.4, -0.2) is 12.8 Å². The molecule has 1 aromatic carbocycles. The Morgan fingerprint density at radius 2 is 1.86 bits per heavy atom. The quantitative estimate of drug-likeness (QED) is 0.541. The zero-order valence-corrected chi connectivity index (χ0v) is 7.81. The first kappa shape index (κ1) is 12.1. The van der Waals surface area contributed by atoms with Gasteiger partial charge in [0.2, 0.25) is 0 Å². The molecule has 1 aromatic rings. The van der Waals surface area contributed by atoms with Gasteiger partial charge in [-0.1, -0.05) is 36.9 Å². The van der Waals surface area contributed by atoms with E-state index in [2.05, 4.69) is 6.58 Å². The molecular weight excluding hydrogens is 180 g/mol. The number of esters is 1. The fourth-order valence-electron chi connectivity index (χ4n) is 0.788. The summed E-state index contributed by atoms with van der Waals surface area (Å²) in [4.78, 5) is 18.6. The summed E-state index contributed by atoms with van der Waals surface area (Å²) in [6, 6.07) is 9.51. The van der Waals surface area contributed by atoms with Gasteiger partial charge in [0.1, 0.15) is 13.4 Å². The molecule has 3 nitrogen and oxygen atoms in total. The van der Waals surface area contributed by atoms with Crippen LogP contribution in [0.15, 0.2) is 43.0 Å². The van der Waals surface area contributed by atoms with Crippen molar-refractivity contribution in [3.63, 3.8) is 0 Å². The topological polar surface area (TPSA) is 43.4 Å². The van der Waals surface area contributed by atoms with E-state index in [0.29, 0.717) is 6.61 Å². The molecular formula is C11H12O3. The second kappa shape index (κ2) is 7.73. The first-order valence-corrected chi connectivity index (χ1v) is 3.95. The summed E-state index contributed by atoms with van der Waals surface area (Å²) in [5.74, 6) is -0.390. The Labute approximate surface area is 83.0 Å². The van der Waals surface area contributed by atoms with E-state index in [-0.39, 0.29) is 5.97 Å². The predicted octanol–water partition coefficient (Wildman–Crippen LogP) is 1.73. The van der Waals surface area contributed by atoms with Crippen LogP contribution in [0.25, 0.3) is 0 Å². The summed E-state index contributed by atoms with van der Waals surface area (Å²) in [6.45, 7) is 5.61. The molecule has 74 valence electrons. The highest BCUT2D eigenvalue weighted by molar-refractivity contribution is 5.81. The van der Waals surface area contributed by atoms with Gasteiger partial charge in [-0.3, -0.25) is 0 Å². The highest BCUT2D eigenvalue weighted by atomic mass is 16.5. The molecule has 0 atom stereocenters. The van der Waals surface area contributed by atoms with Crippen LogP contribution in [0, 0.1) is 0 Å². The Balaban J connectivity index is 0.000000791. The van der Waals surface area contributed by atoms with E-state index in [1.165, 1.54) is 0 Å². The van der Waals surface area contributed by atoms with E-state index < -0.39 is 0 Å². The number of carbonyl (C=O) groups is 2. The Kier molecular flexibility index (Phi) is 6.68. The van der Waals surface area contributed by atoms with Crippen LogP contribution in [0.1, 0.15) is 5.56 Å². The smallest absolute Gasteiger partial charge is 0.330 e. The monoisotopic (exact) mass is 192 g/mol. The number of hydrogen-bond acceptors (Lipinski definition) is 3. The molecule has 0 aromatic heterocycles. The Morgan fingerprint density at radius 3 is 2.36 bits per heavy atom. The minimum Gasteiger partial charge on any atom is -0.458 e. The summed E-state index contributed by atoms with van der Waals surface area (Å²) in [5.41, 5.74) is 0.979. The highest BCUT2D eigenvalue weighted by Crippen LogP contribution is 2.00. The average Bonchev–Trinajstić information content (AvgIpc) is 2.30. The van der Waals surface area contributed by atoms with Crippen molar-refractivity contribution in [2.24, 2.45) is 0 Å². The molecule has 0 heterocycles. The van der Waals surface area contributed by atoms with E-state index in [9.17, 15) is 4.79 Å². The lowest BCUT2D eigenvalue weighted by Gasteiger charge is -2.00. The van der Waals surface area contributed by atoms with Crippen LogP contribution in [0.2, 0.25) is 0 Å². The molecule has 0 aliphatic carbocycles. The van der Waals surface area contributed by atoms with Gasteiger partial charge in [0.15, 0.2) is 0 Å². The van der Waals surface area contributed by atoms with Gasteiger partial charge in [0, 0.05) is 6.08 Å². The number of hydrogen-bond donors (Lipinski definition) is 0. The average molecular weight is 192 g/mol. The Hall–Kier alpha value is -1.90. The van der Waals surface area contributed by atoms with E-state index in [0.717, 1.165) is 11.6 Å². The number of benzene rings is 1. The zero-order chi connectivity index (χ0) is 10.8. The minimum absolute atomic E-state index is 0.311. The van der Waals surface area contributed by atoms with E-state index in [4.69, 9.17) is 9.53 Å². The molecule has 14 heavy (non-hydrogen) atoms. The largest absolute Gasteiger partial charge is 0.458 e. The summed E-state index contributed by atoms with van der Waals surface area (Å²) >= 11 is 0. The Morgan fingerprint density at radius 1 is 1.29 bits per heavy atom. The van der Waals surface area contributed by atoms with Crippen molar-refractivity contribution in [2.75, 3.05) is 0 Å². The molecule has 0 unspecified atom stereocenters. The summed E-state index contributed by atoms with van der Waals surface area (Å²) in [5, 5.41) is 0. The highest BCUT2D eigenvalue weighted by Gasteiger charge is 1.95. The predicted molar refractivity (Wildman–Crippen MR) is 53.6 cm³/mol. The van der Waals surface area contributed by atoms with Crippen molar-refractivity contribution in [2.45, 2.75) is 6.61 Å². The maximum atomic E-state index is 10.6. The van der Waals surface area contributed by atoms with Crippen molar-refractivity contribution in [1.82, 2.24) is 0 Å². The van der Waals surface area contributed by atoms with Crippen LogP contribution in [0.5, 0.6) is 0 Å². The molecule has 0 bridgehead atoms. The van der Waals surface area contributed by atoms with Gasteiger partial charge in [-0.2, -0.15) is 0 Å². The third-order valence-electron chi connectivity index (χ3n) is 1.39. The first-order valence-electron chi connectivity index (χ1n) is 3.95. The van der Waals surface area contributed by atoms with Gasteiger partial charge >= 0.3 is 5.97 Å². The van der Waals surface area contributed by atoms with Gasteiger partial charge in [-0.25, -0.2) is 4.79 Å². The third kappa shape index (κ3) is 4.87. The molecule has 0 saturated carbocycles. The van der Waals surface area contributed by atoms with Gasteiger partial charge in [0.05, 0.1) is 0 Å². The fourth-order valence-corrected chi connectivity index (χ4v) is 0.788. The Bertz CT molecular complexity index is 280. The molecule has 0 radical (unpaired) electrons. The molecule has 0 saturated heterocycles. The van der Waals surface area contributed by atoms with Crippen molar-refractivity contribution >= 4 is 12.8 Å². The molecule has 0 aliphatic heterocycles. The van der Waals surface area contributed by atoms with E-state index in [1.807, 2.05) is 37.1 Å². The number of ether oxygens (including phenoxy) is 1. The minimum atomic E-state index is -0.390. The lowest BCUT2D eigenvalue weighted by Crippen LogP contribution is -1.99. The SMILES string of the molecule is C=CC(=O)OCc1ccccc1.C=O. The number of carbonyl (C=O) groups excluding carboxylic acids is 2. The van der Waals surface area contributed by atoms with Crippen molar-refractivity contribution < 1.29 is 14.3 Å². The van der Waals surface area contributed by atoms with E-state index >= 15 is 0 Å². The molecule has 0 spiro atoms. The lowest BCUT2D eigenvalue weighted by molar-refractivity contribution is -0.138. The standard InChI is InChI=1S/C10H10O2.CH2O/c1-2-10(11)12-8-9-6-4-3-5-7-9;1-2/h2-7H,1,8H2;1H2. The van der Waals surface area contributed by atoms with Crippen LogP contribution in [0.3, 0.4) is 0 Å². The van der Waals surface area contributed by atoms with Crippen molar-refractivity contribution in [3.05, 3.63) is 48.6 Å². The summed E-state index contributed by atoms with van der Waals surface area (Å²) < 4.78 is 4.82. The van der Waals surface area contributed by atoms with Crippen LogP contribution < -0.4 is 0 Å². The van der Waals surface area contributed by atoms with Gasteiger partial charge in [-0.05, 0) is 5.56 Å². The zero-order valence-electron chi connectivity index (χ0n) is 7.81. The molecule has 0 N–H and O–H groups in total. The maximum Gasteiger partial charge on any atom is 0.330 e. The lowest BCUT2D eigenvalue weighted by atomic mass is 10.2. The van der Waals surface area contributed by atoms with Crippen LogP contribution >= 0.6 is 0 Å². The van der Waals surface area contributed by atoms with Crippen molar-refractivity contribution in [1.29, 1.82) is 0 Å². The first-order chi connectivity index (χ1) is 6.83. The van der Waals surface area contributed by atoms with Crippen LogP contribution in [0.4, 0.5) is 0 Å².